The highest BCUT2D eigenvalue weighted by atomic mass is 16.5. The molecule has 1 aromatic heterocycles. The van der Waals surface area contributed by atoms with Crippen LogP contribution >= 0.6 is 0 Å². The van der Waals surface area contributed by atoms with Crippen LogP contribution < -0.4 is 5.32 Å². The number of fused-ring (bicyclic) bond motifs is 1. The average molecular weight is 221 g/mol. The molecule has 0 amide bonds. The first-order valence-corrected chi connectivity index (χ1v) is 6.24. The van der Waals surface area contributed by atoms with Crippen LogP contribution in [0.15, 0.2) is 16.5 Å². The minimum atomic E-state index is 0.0966. The molecular formula is C13H19NO2. The zero-order valence-corrected chi connectivity index (χ0v) is 9.74. The first-order chi connectivity index (χ1) is 7.83. The standard InChI is InChI=1S/C13H19NO2/c1-9-5-6-12(16-9)13-7-14-11-4-2-3-10(11)8-15-13/h5-6,10-11,13-14H,2-4,7-8H2,1H3. The van der Waals surface area contributed by atoms with Crippen molar-refractivity contribution in [3.63, 3.8) is 0 Å². The number of rotatable bonds is 1. The Balaban J connectivity index is 1.70. The van der Waals surface area contributed by atoms with Crippen LogP contribution in [0.2, 0.25) is 0 Å². The number of ether oxygens (including phenoxy) is 1. The average Bonchev–Trinajstić information content (AvgIpc) is 2.85. The Bertz CT molecular complexity index is 347. The summed E-state index contributed by atoms with van der Waals surface area (Å²) in [6.07, 6.45) is 4.05. The Morgan fingerprint density at radius 2 is 2.25 bits per heavy atom. The van der Waals surface area contributed by atoms with E-state index in [1.807, 2.05) is 19.1 Å². The predicted octanol–water partition coefficient (Wildman–Crippen LogP) is 2.42. The highest BCUT2D eigenvalue weighted by Gasteiger charge is 2.32. The number of hydrogen-bond acceptors (Lipinski definition) is 3. The topological polar surface area (TPSA) is 34.4 Å². The van der Waals surface area contributed by atoms with Gasteiger partial charge in [-0.15, -0.1) is 0 Å². The maximum absolute atomic E-state index is 5.96. The van der Waals surface area contributed by atoms with Gasteiger partial charge in [-0.25, -0.2) is 0 Å². The van der Waals surface area contributed by atoms with Crippen molar-refractivity contribution < 1.29 is 9.15 Å². The number of nitrogens with one attached hydrogen (secondary N) is 1. The quantitative estimate of drug-likeness (QED) is 0.790. The summed E-state index contributed by atoms with van der Waals surface area (Å²) in [4.78, 5) is 0. The Morgan fingerprint density at radius 3 is 3.06 bits per heavy atom. The smallest absolute Gasteiger partial charge is 0.134 e. The largest absolute Gasteiger partial charge is 0.464 e. The maximum Gasteiger partial charge on any atom is 0.134 e. The van der Waals surface area contributed by atoms with Crippen LogP contribution in [0.4, 0.5) is 0 Å². The second-order valence-corrected chi connectivity index (χ2v) is 4.98. The summed E-state index contributed by atoms with van der Waals surface area (Å²) >= 11 is 0. The van der Waals surface area contributed by atoms with Gasteiger partial charge < -0.3 is 14.5 Å². The summed E-state index contributed by atoms with van der Waals surface area (Å²) < 4.78 is 11.6. The molecule has 0 spiro atoms. The van der Waals surface area contributed by atoms with E-state index >= 15 is 0 Å². The van der Waals surface area contributed by atoms with E-state index in [0.717, 1.165) is 24.7 Å². The molecule has 2 fully saturated rings. The van der Waals surface area contributed by atoms with E-state index in [1.54, 1.807) is 0 Å². The molecule has 1 aliphatic carbocycles. The first kappa shape index (κ1) is 10.4. The molecule has 3 unspecified atom stereocenters. The lowest BCUT2D eigenvalue weighted by atomic mass is 10.1. The second kappa shape index (κ2) is 4.22. The molecule has 0 bridgehead atoms. The van der Waals surface area contributed by atoms with Crippen LogP contribution in [0.5, 0.6) is 0 Å². The fourth-order valence-corrected chi connectivity index (χ4v) is 2.87. The molecule has 0 aromatic carbocycles. The molecule has 1 aromatic rings. The van der Waals surface area contributed by atoms with Gasteiger partial charge in [-0.3, -0.25) is 0 Å². The Morgan fingerprint density at radius 1 is 1.31 bits per heavy atom. The predicted molar refractivity (Wildman–Crippen MR) is 61.3 cm³/mol. The summed E-state index contributed by atoms with van der Waals surface area (Å²) in [5.41, 5.74) is 0. The number of furan rings is 1. The van der Waals surface area contributed by atoms with Crippen LogP contribution in [0, 0.1) is 12.8 Å². The van der Waals surface area contributed by atoms with Crippen molar-refractivity contribution in [1.29, 1.82) is 0 Å². The number of aryl methyl sites for hydroxylation is 1. The molecule has 3 rings (SSSR count). The highest BCUT2D eigenvalue weighted by Crippen LogP contribution is 2.31. The van der Waals surface area contributed by atoms with Crippen LogP contribution in [0.1, 0.15) is 36.9 Å². The van der Waals surface area contributed by atoms with E-state index in [2.05, 4.69) is 5.32 Å². The summed E-state index contributed by atoms with van der Waals surface area (Å²) in [5, 5.41) is 3.62. The van der Waals surface area contributed by atoms with Crippen molar-refractivity contribution in [2.24, 2.45) is 5.92 Å². The summed E-state index contributed by atoms with van der Waals surface area (Å²) in [7, 11) is 0. The van der Waals surface area contributed by atoms with Crippen LogP contribution in [-0.4, -0.2) is 19.2 Å². The lowest BCUT2D eigenvalue weighted by Gasteiger charge is -2.14. The molecule has 0 radical (unpaired) electrons. The molecule has 1 saturated carbocycles. The zero-order valence-electron chi connectivity index (χ0n) is 9.74. The van der Waals surface area contributed by atoms with Crippen LogP contribution in [0.3, 0.4) is 0 Å². The Kier molecular flexibility index (Phi) is 2.74. The monoisotopic (exact) mass is 221 g/mol. The van der Waals surface area contributed by atoms with Crippen molar-refractivity contribution in [1.82, 2.24) is 5.32 Å². The van der Waals surface area contributed by atoms with Gasteiger partial charge in [0.2, 0.25) is 0 Å². The van der Waals surface area contributed by atoms with E-state index < -0.39 is 0 Å². The molecule has 1 saturated heterocycles. The van der Waals surface area contributed by atoms with Gasteiger partial charge in [0.1, 0.15) is 17.6 Å². The minimum absolute atomic E-state index is 0.0966. The van der Waals surface area contributed by atoms with Gasteiger partial charge in [0, 0.05) is 12.6 Å². The Labute approximate surface area is 96.2 Å². The minimum Gasteiger partial charge on any atom is -0.464 e. The van der Waals surface area contributed by atoms with Gasteiger partial charge >= 0.3 is 0 Å². The molecule has 3 nitrogen and oxygen atoms in total. The third kappa shape index (κ3) is 1.89. The molecule has 88 valence electrons. The molecule has 3 atom stereocenters. The number of hydrogen-bond donors (Lipinski definition) is 1. The fraction of sp³-hybridized carbons (Fsp3) is 0.692. The van der Waals surface area contributed by atoms with Crippen LogP contribution in [-0.2, 0) is 4.74 Å². The van der Waals surface area contributed by atoms with Gasteiger partial charge in [-0.2, -0.15) is 0 Å². The SMILES string of the molecule is Cc1ccc(C2CNC3CCCC3CO2)o1. The van der Waals surface area contributed by atoms with Crippen molar-refractivity contribution in [2.75, 3.05) is 13.2 Å². The normalized spacial score (nSPS) is 34.7. The van der Waals surface area contributed by atoms with E-state index in [1.165, 1.54) is 19.3 Å². The van der Waals surface area contributed by atoms with Gasteiger partial charge in [0.15, 0.2) is 0 Å². The lowest BCUT2D eigenvalue weighted by Crippen LogP contribution is -2.32. The highest BCUT2D eigenvalue weighted by molar-refractivity contribution is 5.09. The van der Waals surface area contributed by atoms with Gasteiger partial charge in [-0.05, 0) is 37.8 Å². The summed E-state index contributed by atoms with van der Waals surface area (Å²) in [6, 6.07) is 4.70. The second-order valence-electron chi connectivity index (χ2n) is 4.98. The van der Waals surface area contributed by atoms with Crippen molar-refractivity contribution in [3.8, 4) is 0 Å². The third-order valence-electron chi connectivity index (χ3n) is 3.81. The van der Waals surface area contributed by atoms with Gasteiger partial charge in [0.25, 0.3) is 0 Å². The van der Waals surface area contributed by atoms with Crippen molar-refractivity contribution >= 4 is 0 Å². The van der Waals surface area contributed by atoms with Crippen LogP contribution in [0.25, 0.3) is 0 Å². The molecular weight excluding hydrogens is 202 g/mol. The molecule has 1 aliphatic heterocycles. The lowest BCUT2D eigenvalue weighted by molar-refractivity contribution is 0.0335. The molecule has 16 heavy (non-hydrogen) atoms. The Hall–Kier alpha value is -0.800. The van der Waals surface area contributed by atoms with Crippen molar-refractivity contribution in [2.45, 2.75) is 38.3 Å². The van der Waals surface area contributed by atoms with E-state index in [0.29, 0.717) is 12.0 Å². The molecule has 1 N–H and O–H groups in total. The molecule has 2 aliphatic rings. The summed E-state index contributed by atoms with van der Waals surface area (Å²) in [5.74, 6) is 2.63. The zero-order chi connectivity index (χ0) is 11.0. The van der Waals surface area contributed by atoms with Gasteiger partial charge in [0.05, 0.1) is 6.61 Å². The fourth-order valence-electron chi connectivity index (χ4n) is 2.87. The molecule has 3 heteroatoms. The maximum atomic E-state index is 5.96. The third-order valence-corrected chi connectivity index (χ3v) is 3.81. The first-order valence-electron chi connectivity index (χ1n) is 6.24. The van der Waals surface area contributed by atoms with E-state index in [9.17, 15) is 0 Å². The van der Waals surface area contributed by atoms with E-state index in [-0.39, 0.29) is 6.10 Å². The molecule has 2 heterocycles. The van der Waals surface area contributed by atoms with E-state index in [4.69, 9.17) is 9.15 Å². The van der Waals surface area contributed by atoms with Crippen molar-refractivity contribution in [3.05, 3.63) is 23.7 Å². The summed E-state index contributed by atoms with van der Waals surface area (Å²) in [6.45, 7) is 3.73. The van der Waals surface area contributed by atoms with Gasteiger partial charge in [-0.1, -0.05) is 6.42 Å².